The highest BCUT2D eigenvalue weighted by molar-refractivity contribution is 6.37. The van der Waals surface area contributed by atoms with Crippen LogP contribution in [0.2, 0.25) is 0 Å². The highest BCUT2D eigenvalue weighted by Gasteiger charge is 2.36. The SMILES string of the molecule is CCOC(=O)c1c2c3cc(OC)c(OC)cc3c3cc(OC)c(OC)cc3c2c(-c2c3c4cc(OC)c(OC)cc4c4cc(OC)c(OC)cc4c3c(C(=O)OCC)n2C[C@@H](C)CC)n1C[C@@H](C)CC. The fraction of sp³-hybridized carbons (Fsp3) is 0.393. The van der Waals surface area contributed by atoms with Crippen LogP contribution in [0.25, 0.3) is 76.0 Å². The van der Waals surface area contributed by atoms with Gasteiger partial charge < -0.3 is 56.5 Å². The van der Waals surface area contributed by atoms with E-state index in [4.69, 9.17) is 47.4 Å². The number of carbonyl (C=O) groups excluding carboxylic acids is 2. The van der Waals surface area contributed by atoms with E-state index in [1.54, 1.807) is 70.7 Å². The molecule has 0 radical (unpaired) electrons. The first-order chi connectivity index (χ1) is 33.9. The molecular formula is C56H64N2O12. The number of hydrogen-bond donors (Lipinski definition) is 0. The van der Waals surface area contributed by atoms with Crippen molar-refractivity contribution in [3.63, 3.8) is 0 Å². The number of ether oxygens (including phenoxy) is 10. The van der Waals surface area contributed by atoms with Gasteiger partial charge in [-0.3, -0.25) is 0 Å². The van der Waals surface area contributed by atoms with Gasteiger partial charge in [0.05, 0.1) is 81.5 Å². The van der Waals surface area contributed by atoms with Gasteiger partial charge in [0.15, 0.2) is 46.0 Å². The van der Waals surface area contributed by atoms with E-state index in [0.717, 1.165) is 55.9 Å². The van der Waals surface area contributed by atoms with Crippen molar-refractivity contribution in [1.29, 1.82) is 0 Å². The number of rotatable bonds is 19. The number of esters is 2. The summed E-state index contributed by atoms with van der Waals surface area (Å²) in [6.45, 7) is 13.3. The molecule has 0 N–H and O–H groups in total. The molecule has 14 nitrogen and oxygen atoms in total. The Bertz CT molecular complexity index is 3120. The van der Waals surface area contributed by atoms with E-state index in [0.29, 0.717) is 103 Å². The number of benzene rings is 6. The maximum Gasteiger partial charge on any atom is 0.355 e. The van der Waals surface area contributed by atoms with Crippen LogP contribution in [0, 0.1) is 11.8 Å². The maximum absolute atomic E-state index is 15.2. The summed E-state index contributed by atoms with van der Waals surface area (Å²) in [5, 5.41) is 8.81. The topological polar surface area (TPSA) is 136 Å². The van der Waals surface area contributed by atoms with Gasteiger partial charge >= 0.3 is 11.9 Å². The predicted molar refractivity (Wildman–Crippen MR) is 276 cm³/mol. The third-order valence-corrected chi connectivity index (χ3v) is 13.8. The molecule has 0 saturated heterocycles. The van der Waals surface area contributed by atoms with Crippen LogP contribution in [-0.2, 0) is 22.6 Å². The molecule has 2 heterocycles. The van der Waals surface area contributed by atoms with Gasteiger partial charge in [-0.05, 0) is 117 Å². The van der Waals surface area contributed by atoms with E-state index in [1.165, 1.54) is 0 Å². The molecule has 0 saturated carbocycles. The van der Waals surface area contributed by atoms with Crippen LogP contribution in [0.3, 0.4) is 0 Å². The van der Waals surface area contributed by atoms with Gasteiger partial charge in [0.1, 0.15) is 11.4 Å². The molecule has 8 rings (SSSR count). The first kappa shape index (κ1) is 49.2. The van der Waals surface area contributed by atoms with Gasteiger partial charge in [-0.1, -0.05) is 40.5 Å². The summed E-state index contributed by atoms with van der Waals surface area (Å²) in [5.41, 5.74) is 2.07. The molecule has 370 valence electrons. The Labute approximate surface area is 408 Å². The molecule has 0 bridgehead atoms. The van der Waals surface area contributed by atoms with Gasteiger partial charge in [0.25, 0.3) is 0 Å². The summed E-state index contributed by atoms with van der Waals surface area (Å²) >= 11 is 0. The third kappa shape index (κ3) is 7.81. The van der Waals surface area contributed by atoms with Crippen LogP contribution in [0.15, 0.2) is 48.5 Å². The molecule has 0 aliphatic carbocycles. The number of methoxy groups -OCH3 is 8. The second-order valence-electron chi connectivity index (χ2n) is 17.6. The average Bonchev–Trinajstić information content (AvgIpc) is 3.89. The van der Waals surface area contributed by atoms with E-state index in [-0.39, 0.29) is 25.0 Å². The number of aromatic nitrogens is 2. The number of fused-ring (bicyclic) bond motifs is 12. The van der Waals surface area contributed by atoms with Gasteiger partial charge in [-0.25, -0.2) is 9.59 Å². The maximum atomic E-state index is 15.2. The predicted octanol–water partition coefficient (Wildman–Crippen LogP) is 12.4. The monoisotopic (exact) mass is 956 g/mol. The molecule has 2 atom stereocenters. The van der Waals surface area contributed by atoms with Gasteiger partial charge in [-0.2, -0.15) is 0 Å². The van der Waals surface area contributed by atoms with Crippen LogP contribution >= 0.6 is 0 Å². The van der Waals surface area contributed by atoms with E-state index < -0.39 is 11.9 Å². The largest absolute Gasteiger partial charge is 0.493 e. The molecule has 0 aliphatic heterocycles. The van der Waals surface area contributed by atoms with Crippen molar-refractivity contribution < 1.29 is 57.0 Å². The van der Waals surface area contributed by atoms with Crippen molar-refractivity contribution in [1.82, 2.24) is 9.13 Å². The molecule has 70 heavy (non-hydrogen) atoms. The quantitative estimate of drug-likeness (QED) is 0.0563. The first-order valence-electron chi connectivity index (χ1n) is 23.8. The number of carbonyl (C=O) groups is 2. The minimum Gasteiger partial charge on any atom is -0.493 e. The van der Waals surface area contributed by atoms with Crippen LogP contribution in [0.1, 0.15) is 75.4 Å². The average molecular weight is 957 g/mol. The smallest absolute Gasteiger partial charge is 0.355 e. The molecule has 2 aromatic heterocycles. The van der Waals surface area contributed by atoms with Crippen LogP contribution in [0.4, 0.5) is 0 Å². The van der Waals surface area contributed by atoms with Crippen LogP contribution in [-0.4, -0.2) is 91.2 Å². The Kier molecular flexibility index (Phi) is 14.1. The van der Waals surface area contributed by atoms with Gasteiger partial charge in [0.2, 0.25) is 0 Å². The van der Waals surface area contributed by atoms with Crippen molar-refractivity contribution >= 4 is 76.6 Å². The first-order valence-corrected chi connectivity index (χ1v) is 23.8. The van der Waals surface area contributed by atoms with Gasteiger partial charge in [0, 0.05) is 34.6 Å². The normalized spacial score (nSPS) is 12.5. The molecule has 0 amide bonds. The van der Waals surface area contributed by atoms with E-state index in [9.17, 15) is 0 Å². The Morgan fingerprint density at radius 3 is 0.829 bits per heavy atom. The summed E-state index contributed by atoms with van der Waals surface area (Å²) in [7, 11) is 12.8. The second kappa shape index (κ2) is 20.0. The molecule has 0 unspecified atom stereocenters. The minimum absolute atomic E-state index is 0.0583. The van der Waals surface area contributed by atoms with Crippen molar-refractivity contribution in [3.05, 3.63) is 59.9 Å². The molecule has 0 fully saturated rings. The fourth-order valence-electron chi connectivity index (χ4n) is 10.1. The molecule has 6 aromatic carbocycles. The van der Waals surface area contributed by atoms with Crippen molar-refractivity contribution in [2.45, 2.75) is 67.5 Å². The molecule has 0 spiro atoms. The molecule has 8 aromatic rings. The Hall–Kier alpha value is -7.22. The van der Waals surface area contributed by atoms with Crippen LogP contribution < -0.4 is 37.9 Å². The number of hydrogen-bond acceptors (Lipinski definition) is 12. The Morgan fingerprint density at radius 2 is 0.614 bits per heavy atom. The number of nitrogens with zero attached hydrogens (tertiary/aromatic N) is 2. The van der Waals surface area contributed by atoms with Gasteiger partial charge in [-0.15, -0.1) is 0 Å². The third-order valence-electron chi connectivity index (χ3n) is 13.8. The van der Waals surface area contributed by atoms with Crippen LogP contribution in [0.5, 0.6) is 46.0 Å². The summed E-state index contributed by atoms with van der Waals surface area (Å²) < 4.78 is 64.4. The highest BCUT2D eigenvalue weighted by Crippen LogP contribution is 2.54. The lowest BCUT2D eigenvalue weighted by atomic mass is 9.91. The van der Waals surface area contributed by atoms with E-state index in [1.807, 2.05) is 48.5 Å². The van der Waals surface area contributed by atoms with Crippen molar-refractivity contribution in [2.24, 2.45) is 11.8 Å². The summed E-state index contributed by atoms with van der Waals surface area (Å²) in [4.78, 5) is 30.5. The molecule has 0 aliphatic rings. The zero-order valence-electron chi connectivity index (χ0n) is 42.8. The van der Waals surface area contributed by atoms with E-state index >= 15 is 9.59 Å². The fourth-order valence-corrected chi connectivity index (χ4v) is 10.1. The summed E-state index contributed by atoms with van der Waals surface area (Å²) in [5.74, 6) is 3.04. The minimum atomic E-state index is -0.508. The Morgan fingerprint density at radius 1 is 0.386 bits per heavy atom. The highest BCUT2D eigenvalue weighted by atomic mass is 16.5. The lowest BCUT2D eigenvalue weighted by molar-refractivity contribution is 0.0505. The molecule has 14 heteroatoms. The lowest BCUT2D eigenvalue weighted by Gasteiger charge is -2.21. The zero-order valence-corrected chi connectivity index (χ0v) is 42.8. The zero-order chi connectivity index (χ0) is 50.3. The van der Waals surface area contributed by atoms with E-state index in [2.05, 4.69) is 36.8 Å². The molecular weight excluding hydrogens is 893 g/mol. The van der Waals surface area contributed by atoms with Crippen molar-refractivity contribution in [3.8, 4) is 57.4 Å². The lowest BCUT2D eigenvalue weighted by Crippen LogP contribution is -2.19. The summed E-state index contributed by atoms with van der Waals surface area (Å²) in [6.07, 6.45) is 1.59. The standard InChI is InChI=1S/C56H64N2O12/c1-15-29(5)27-57-51(47-35-23-43(65-11)39(61-7)19-31(35)33-21-41(63-9)45(67-13)25-37(33)49(47)53(57)55(59)69-17-3)52-48-36-24-44(66-12)40(62-8)20-32(36)34-22-42(64-10)46(68-14)26-38(34)50(48)54(56(60)70-18-4)58(52)28-30(6)16-2/h19-26,29-30H,15-18,27-28H2,1-14H3/t29-,30-/m0/s1. The second-order valence-corrected chi connectivity index (χ2v) is 17.6. The van der Waals surface area contributed by atoms with Crippen molar-refractivity contribution in [2.75, 3.05) is 70.1 Å². The summed E-state index contributed by atoms with van der Waals surface area (Å²) in [6, 6.07) is 15.6. The Balaban J connectivity index is 1.83.